The van der Waals surface area contributed by atoms with E-state index in [1.165, 1.54) is 0 Å². The minimum absolute atomic E-state index is 0.0570. The topological polar surface area (TPSA) is 110 Å². The number of fused-ring (bicyclic) bond motifs is 1. The third-order valence-corrected chi connectivity index (χ3v) is 4.73. The van der Waals surface area contributed by atoms with Gasteiger partial charge in [0, 0.05) is 11.8 Å². The first-order valence-electron chi connectivity index (χ1n) is 6.35. The summed E-state index contributed by atoms with van der Waals surface area (Å²) >= 11 is 8.01. The molecule has 0 saturated heterocycles. The number of rotatable bonds is 5. The molecule has 0 aliphatic rings. The van der Waals surface area contributed by atoms with Crippen molar-refractivity contribution < 1.29 is 10.2 Å². The van der Waals surface area contributed by atoms with E-state index in [0.717, 1.165) is 0 Å². The predicted molar refractivity (Wildman–Crippen MR) is 89.3 cm³/mol. The molecule has 0 saturated carbocycles. The van der Waals surface area contributed by atoms with Gasteiger partial charge in [-0.05, 0) is 11.6 Å². The van der Waals surface area contributed by atoms with Crippen LogP contribution in [-0.2, 0) is 0 Å². The first-order chi connectivity index (χ1) is 9.76. The van der Waals surface area contributed by atoms with E-state index in [1.54, 1.807) is 10.9 Å². The molecule has 2 heterocycles. The van der Waals surface area contributed by atoms with Crippen LogP contribution in [-0.4, -0.2) is 42.4 Å². The van der Waals surface area contributed by atoms with Crippen molar-refractivity contribution in [2.24, 2.45) is 5.41 Å². The molecule has 0 fully saturated rings. The number of hydrogen-bond donors (Lipinski definition) is 3. The Hall–Kier alpha value is -0.710. The molecule has 0 amide bonds. The highest BCUT2D eigenvalue weighted by Crippen LogP contribution is 2.32. The normalized spacial score (nSPS) is 15.3. The SMILES string of the molecule is CC(C)(CO)C(O)C[C@@H](I)n1cnc2c(N)nc(Cl)nc21. The second kappa shape index (κ2) is 6.19. The Morgan fingerprint density at radius 1 is 1.48 bits per heavy atom. The Balaban J connectivity index is 2.30. The lowest BCUT2D eigenvalue weighted by Gasteiger charge is -2.30. The van der Waals surface area contributed by atoms with E-state index in [-0.39, 0.29) is 21.8 Å². The summed E-state index contributed by atoms with van der Waals surface area (Å²) in [5.74, 6) is 0.226. The molecule has 2 atom stereocenters. The summed E-state index contributed by atoms with van der Waals surface area (Å²) in [5.41, 5.74) is 6.20. The number of imidazole rings is 1. The zero-order chi connectivity index (χ0) is 15.8. The first kappa shape index (κ1) is 16.7. The summed E-state index contributed by atoms with van der Waals surface area (Å²) in [5, 5.41) is 19.6. The van der Waals surface area contributed by atoms with Crippen molar-refractivity contribution in [3.63, 3.8) is 0 Å². The Morgan fingerprint density at radius 3 is 2.76 bits per heavy atom. The average Bonchev–Trinajstić information content (AvgIpc) is 2.82. The van der Waals surface area contributed by atoms with Crippen molar-refractivity contribution in [3.05, 3.63) is 11.6 Å². The maximum Gasteiger partial charge on any atom is 0.226 e. The lowest BCUT2D eigenvalue weighted by molar-refractivity contribution is 0.000901. The van der Waals surface area contributed by atoms with E-state index in [0.29, 0.717) is 17.6 Å². The zero-order valence-corrected chi connectivity index (χ0v) is 14.6. The molecular weight excluding hydrogens is 409 g/mol. The number of aliphatic hydroxyl groups is 2. The fourth-order valence-electron chi connectivity index (χ4n) is 1.84. The van der Waals surface area contributed by atoms with Crippen molar-refractivity contribution >= 4 is 51.2 Å². The number of halogens is 2. The van der Waals surface area contributed by atoms with Crippen LogP contribution < -0.4 is 5.73 Å². The molecule has 2 aromatic heterocycles. The van der Waals surface area contributed by atoms with Crippen LogP contribution in [0.25, 0.3) is 11.2 Å². The van der Waals surface area contributed by atoms with Crippen LogP contribution in [0, 0.1) is 5.41 Å². The van der Waals surface area contributed by atoms with Gasteiger partial charge in [-0.15, -0.1) is 0 Å². The van der Waals surface area contributed by atoms with Crippen LogP contribution in [0.4, 0.5) is 5.82 Å². The number of hydrogen-bond acceptors (Lipinski definition) is 6. The monoisotopic (exact) mass is 425 g/mol. The minimum atomic E-state index is -0.670. The van der Waals surface area contributed by atoms with Gasteiger partial charge in [0.15, 0.2) is 11.5 Å². The van der Waals surface area contributed by atoms with E-state index < -0.39 is 11.5 Å². The van der Waals surface area contributed by atoms with Gasteiger partial charge in [-0.2, -0.15) is 9.97 Å². The Morgan fingerprint density at radius 2 is 2.14 bits per heavy atom. The number of aliphatic hydroxyl groups excluding tert-OH is 2. The van der Waals surface area contributed by atoms with Crippen molar-refractivity contribution in [2.75, 3.05) is 12.3 Å². The number of nitrogen functional groups attached to an aromatic ring is 1. The maximum absolute atomic E-state index is 10.2. The van der Waals surface area contributed by atoms with E-state index in [9.17, 15) is 10.2 Å². The molecule has 116 valence electrons. The summed E-state index contributed by atoms with van der Waals surface area (Å²) < 4.78 is 1.68. The summed E-state index contributed by atoms with van der Waals surface area (Å²) in [4.78, 5) is 12.2. The van der Waals surface area contributed by atoms with Gasteiger partial charge in [0.25, 0.3) is 0 Å². The Bertz CT molecular complexity index is 648. The molecule has 0 aliphatic heterocycles. The number of aromatic nitrogens is 4. The summed E-state index contributed by atoms with van der Waals surface area (Å²) in [7, 11) is 0. The van der Waals surface area contributed by atoms with E-state index in [1.807, 2.05) is 13.8 Å². The number of nitrogens with two attached hydrogens (primary N) is 1. The molecule has 0 aromatic carbocycles. The second-order valence-electron chi connectivity index (χ2n) is 5.53. The Kier molecular flexibility index (Phi) is 4.91. The van der Waals surface area contributed by atoms with Gasteiger partial charge in [0.1, 0.15) is 5.52 Å². The second-order valence-corrected chi connectivity index (χ2v) is 7.31. The van der Waals surface area contributed by atoms with Crippen LogP contribution >= 0.6 is 34.2 Å². The highest BCUT2D eigenvalue weighted by Gasteiger charge is 2.29. The molecule has 9 heteroatoms. The van der Waals surface area contributed by atoms with Crippen LogP contribution in [0.5, 0.6) is 0 Å². The molecule has 21 heavy (non-hydrogen) atoms. The predicted octanol–water partition coefficient (Wildman–Crippen LogP) is 1.76. The number of anilines is 1. The third kappa shape index (κ3) is 3.38. The largest absolute Gasteiger partial charge is 0.396 e. The summed E-state index contributed by atoms with van der Waals surface area (Å²) in [6.07, 6.45) is 1.36. The summed E-state index contributed by atoms with van der Waals surface area (Å²) in [6.45, 7) is 3.53. The van der Waals surface area contributed by atoms with E-state index >= 15 is 0 Å². The average molecular weight is 426 g/mol. The standard InChI is InChI=1S/C12H17ClIN5O2/c1-12(2,4-20)6(21)3-7(14)19-5-16-8-9(15)17-11(13)18-10(8)19/h5-7,20-21H,3-4H2,1-2H3,(H2,15,17,18)/t6?,7-/m0/s1. The van der Waals surface area contributed by atoms with Gasteiger partial charge in [0.05, 0.1) is 23.1 Å². The number of nitrogens with zero attached hydrogens (tertiary/aromatic N) is 4. The van der Waals surface area contributed by atoms with Crippen LogP contribution in [0.1, 0.15) is 24.3 Å². The summed E-state index contributed by atoms with van der Waals surface area (Å²) in [6, 6.07) is 0. The van der Waals surface area contributed by atoms with Crippen molar-refractivity contribution in [1.82, 2.24) is 19.5 Å². The van der Waals surface area contributed by atoms with Gasteiger partial charge in [-0.1, -0.05) is 36.4 Å². The molecule has 4 N–H and O–H groups in total. The van der Waals surface area contributed by atoms with Crippen molar-refractivity contribution in [3.8, 4) is 0 Å². The van der Waals surface area contributed by atoms with Gasteiger partial charge in [-0.25, -0.2) is 4.98 Å². The first-order valence-corrected chi connectivity index (χ1v) is 7.97. The molecule has 7 nitrogen and oxygen atoms in total. The molecule has 0 radical (unpaired) electrons. The van der Waals surface area contributed by atoms with Gasteiger partial charge < -0.3 is 20.5 Å². The maximum atomic E-state index is 10.2. The molecule has 0 aliphatic carbocycles. The highest BCUT2D eigenvalue weighted by atomic mass is 127. The Labute approximate surface area is 140 Å². The molecule has 0 bridgehead atoms. The quantitative estimate of drug-likeness (QED) is 0.382. The fraction of sp³-hybridized carbons (Fsp3) is 0.583. The van der Waals surface area contributed by atoms with Crippen molar-refractivity contribution in [1.29, 1.82) is 0 Å². The van der Waals surface area contributed by atoms with Crippen LogP contribution in [0.3, 0.4) is 0 Å². The van der Waals surface area contributed by atoms with E-state index in [4.69, 9.17) is 17.3 Å². The molecule has 1 unspecified atom stereocenters. The third-order valence-electron chi connectivity index (χ3n) is 3.45. The van der Waals surface area contributed by atoms with Gasteiger partial charge >= 0.3 is 0 Å². The van der Waals surface area contributed by atoms with Crippen LogP contribution in [0.15, 0.2) is 6.33 Å². The van der Waals surface area contributed by atoms with Crippen LogP contribution in [0.2, 0.25) is 5.28 Å². The lowest BCUT2D eigenvalue weighted by atomic mass is 9.86. The zero-order valence-electron chi connectivity index (χ0n) is 11.7. The molecule has 2 rings (SSSR count). The smallest absolute Gasteiger partial charge is 0.226 e. The highest BCUT2D eigenvalue weighted by molar-refractivity contribution is 14.1. The van der Waals surface area contributed by atoms with Gasteiger partial charge in [0.2, 0.25) is 5.28 Å². The molecular formula is C12H17ClIN5O2. The lowest BCUT2D eigenvalue weighted by Crippen LogP contribution is -2.34. The van der Waals surface area contributed by atoms with E-state index in [2.05, 4.69) is 37.5 Å². The number of alkyl halides is 1. The minimum Gasteiger partial charge on any atom is -0.396 e. The van der Waals surface area contributed by atoms with Crippen molar-refractivity contribution in [2.45, 2.75) is 30.4 Å². The molecule has 2 aromatic rings. The van der Waals surface area contributed by atoms with Gasteiger partial charge in [-0.3, -0.25) is 0 Å². The fourth-order valence-corrected chi connectivity index (χ4v) is 2.90. The molecule has 0 spiro atoms.